The highest BCUT2D eigenvalue weighted by Gasteiger charge is 2.28. The topological polar surface area (TPSA) is 99.2 Å². The normalized spacial score (nSPS) is 14.9. The summed E-state index contributed by atoms with van der Waals surface area (Å²) in [6.45, 7) is 1.17. The molecular formula is C19H14N4O3. The van der Waals surface area contributed by atoms with E-state index in [1.54, 1.807) is 47.4 Å². The van der Waals surface area contributed by atoms with E-state index in [0.29, 0.717) is 35.4 Å². The summed E-state index contributed by atoms with van der Waals surface area (Å²) in [6.07, 6.45) is 0. The van der Waals surface area contributed by atoms with Crippen LogP contribution in [0.4, 0.5) is 10.5 Å². The van der Waals surface area contributed by atoms with Gasteiger partial charge in [-0.3, -0.25) is 9.69 Å². The van der Waals surface area contributed by atoms with Crippen molar-refractivity contribution in [1.29, 1.82) is 5.26 Å². The van der Waals surface area contributed by atoms with E-state index in [0.717, 1.165) is 0 Å². The molecule has 1 aliphatic rings. The first-order chi connectivity index (χ1) is 12.7. The number of nitrogens with zero attached hydrogens (tertiary/aromatic N) is 3. The third-order valence-electron chi connectivity index (χ3n) is 4.27. The fourth-order valence-electron chi connectivity index (χ4n) is 2.93. The summed E-state index contributed by atoms with van der Waals surface area (Å²) in [5, 5.41) is 12.2. The number of carbonyl (C=O) groups is 2. The van der Waals surface area contributed by atoms with Crippen molar-refractivity contribution in [3.05, 3.63) is 60.0 Å². The van der Waals surface area contributed by atoms with Gasteiger partial charge in [0.05, 0.1) is 6.07 Å². The van der Waals surface area contributed by atoms with Gasteiger partial charge in [-0.2, -0.15) is 5.26 Å². The molecule has 0 saturated carbocycles. The molecule has 1 aromatic heterocycles. The number of nitrogens with one attached hydrogen (secondary N) is 1. The number of urea groups is 1. The van der Waals surface area contributed by atoms with Crippen LogP contribution in [0.1, 0.15) is 22.2 Å². The van der Waals surface area contributed by atoms with E-state index < -0.39 is 11.7 Å². The van der Waals surface area contributed by atoms with Crippen LogP contribution in [0.25, 0.3) is 11.1 Å². The number of hydrogen-bond acceptors (Lipinski definition) is 5. The van der Waals surface area contributed by atoms with Crippen LogP contribution < -0.4 is 10.2 Å². The molecule has 0 bridgehead atoms. The molecule has 2 heterocycles. The smallest absolute Gasteiger partial charge is 0.321 e. The second-order valence-electron chi connectivity index (χ2n) is 5.88. The lowest BCUT2D eigenvalue weighted by Gasteiger charge is -2.14. The lowest BCUT2D eigenvalue weighted by Crippen LogP contribution is -2.27. The molecule has 1 fully saturated rings. The van der Waals surface area contributed by atoms with Crippen molar-refractivity contribution in [2.75, 3.05) is 18.0 Å². The Bertz CT molecular complexity index is 1000. The standard InChI is InChI=1S/C19H14N4O3/c20-11-14(18-22-15-3-1-2-4-16(15)26-18)17(24)12-5-7-13(8-6-12)23-10-9-21-19(23)25/h1-8,14H,9-10H2,(H,21,25). The molecule has 7 heteroatoms. The molecule has 1 atom stereocenters. The number of para-hydroxylation sites is 2. The Morgan fingerprint density at radius 1 is 1.23 bits per heavy atom. The number of carbonyl (C=O) groups excluding carboxylic acids is 2. The third-order valence-corrected chi connectivity index (χ3v) is 4.27. The molecule has 1 saturated heterocycles. The highest BCUT2D eigenvalue weighted by atomic mass is 16.3. The minimum atomic E-state index is -1.12. The lowest BCUT2D eigenvalue weighted by atomic mass is 9.98. The summed E-state index contributed by atoms with van der Waals surface area (Å²) in [5.41, 5.74) is 2.20. The van der Waals surface area contributed by atoms with Gasteiger partial charge in [0.25, 0.3) is 0 Å². The number of rotatable bonds is 4. The average Bonchev–Trinajstić information content (AvgIpc) is 3.28. The van der Waals surface area contributed by atoms with Crippen LogP contribution in [-0.4, -0.2) is 29.9 Å². The Morgan fingerprint density at radius 2 is 2.00 bits per heavy atom. The lowest BCUT2D eigenvalue weighted by molar-refractivity contribution is 0.0970. The average molecular weight is 346 g/mol. The fourth-order valence-corrected chi connectivity index (χ4v) is 2.93. The van der Waals surface area contributed by atoms with E-state index in [1.165, 1.54) is 0 Å². The molecule has 128 valence electrons. The largest absolute Gasteiger partial charge is 0.439 e. The first-order valence-corrected chi connectivity index (χ1v) is 8.12. The van der Waals surface area contributed by atoms with Gasteiger partial charge >= 0.3 is 6.03 Å². The summed E-state index contributed by atoms with van der Waals surface area (Å²) in [7, 11) is 0. The molecular weight excluding hydrogens is 332 g/mol. The number of fused-ring (bicyclic) bond motifs is 1. The minimum absolute atomic E-state index is 0.0849. The SMILES string of the molecule is N#CC(C(=O)c1ccc(N2CCNC2=O)cc1)c1nc2ccccc2o1. The minimum Gasteiger partial charge on any atom is -0.439 e. The molecule has 1 N–H and O–H groups in total. The molecule has 7 nitrogen and oxygen atoms in total. The van der Waals surface area contributed by atoms with Crippen LogP contribution in [0.15, 0.2) is 52.9 Å². The molecule has 4 rings (SSSR count). The van der Waals surface area contributed by atoms with Gasteiger partial charge in [0.15, 0.2) is 17.3 Å². The van der Waals surface area contributed by atoms with Crippen LogP contribution in [0, 0.1) is 11.3 Å². The van der Waals surface area contributed by atoms with Crippen LogP contribution in [-0.2, 0) is 0 Å². The van der Waals surface area contributed by atoms with Crippen molar-refractivity contribution in [2.45, 2.75) is 5.92 Å². The number of aromatic nitrogens is 1. The second-order valence-corrected chi connectivity index (χ2v) is 5.88. The van der Waals surface area contributed by atoms with E-state index in [2.05, 4.69) is 10.3 Å². The van der Waals surface area contributed by atoms with E-state index >= 15 is 0 Å². The fraction of sp³-hybridized carbons (Fsp3) is 0.158. The van der Waals surface area contributed by atoms with Gasteiger partial charge in [-0.25, -0.2) is 9.78 Å². The van der Waals surface area contributed by atoms with Crippen LogP contribution >= 0.6 is 0 Å². The zero-order chi connectivity index (χ0) is 18.1. The predicted molar refractivity (Wildman–Crippen MR) is 93.9 cm³/mol. The Morgan fingerprint density at radius 3 is 2.65 bits per heavy atom. The summed E-state index contributed by atoms with van der Waals surface area (Å²) >= 11 is 0. The second kappa shape index (κ2) is 6.33. The van der Waals surface area contributed by atoms with Crippen molar-refractivity contribution in [2.24, 2.45) is 0 Å². The number of oxazole rings is 1. The van der Waals surface area contributed by atoms with E-state index in [-0.39, 0.29) is 11.9 Å². The maximum absolute atomic E-state index is 12.7. The number of benzene rings is 2. The molecule has 26 heavy (non-hydrogen) atoms. The number of hydrogen-bond donors (Lipinski definition) is 1. The predicted octanol–water partition coefficient (Wildman–Crippen LogP) is 2.85. The van der Waals surface area contributed by atoms with Gasteiger partial charge in [0, 0.05) is 24.3 Å². The van der Waals surface area contributed by atoms with Crippen LogP contribution in [0.2, 0.25) is 0 Å². The first-order valence-electron chi connectivity index (χ1n) is 8.12. The van der Waals surface area contributed by atoms with Gasteiger partial charge in [-0.05, 0) is 36.4 Å². The summed E-state index contributed by atoms with van der Waals surface area (Å²) in [5.74, 6) is -1.43. The number of ketones is 1. The van der Waals surface area contributed by atoms with Crippen LogP contribution in [0.5, 0.6) is 0 Å². The van der Waals surface area contributed by atoms with Gasteiger partial charge in [0.2, 0.25) is 5.89 Å². The summed E-state index contributed by atoms with van der Waals surface area (Å²) in [4.78, 5) is 30.3. The van der Waals surface area contributed by atoms with Crippen molar-refractivity contribution < 1.29 is 14.0 Å². The monoisotopic (exact) mass is 346 g/mol. The molecule has 1 aliphatic heterocycles. The van der Waals surface area contributed by atoms with E-state index in [9.17, 15) is 14.9 Å². The third kappa shape index (κ3) is 2.67. The summed E-state index contributed by atoms with van der Waals surface area (Å²) < 4.78 is 5.57. The molecule has 3 aromatic rings. The van der Waals surface area contributed by atoms with Gasteiger partial charge < -0.3 is 9.73 Å². The maximum atomic E-state index is 12.7. The highest BCUT2D eigenvalue weighted by Crippen LogP contribution is 2.25. The molecule has 2 amide bonds. The number of nitriles is 1. The Labute approximate surface area is 148 Å². The molecule has 0 radical (unpaired) electrons. The molecule has 0 spiro atoms. The first kappa shape index (κ1) is 15.8. The maximum Gasteiger partial charge on any atom is 0.321 e. The van der Waals surface area contributed by atoms with Crippen molar-refractivity contribution in [1.82, 2.24) is 10.3 Å². The number of Topliss-reactive ketones (excluding diaryl/α,β-unsaturated/α-hetero) is 1. The van der Waals surface area contributed by atoms with Crippen LogP contribution in [0.3, 0.4) is 0 Å². The molecule has 2 aromatic carbocycles. The quantitative estimate of drug-likeness (QED) is 0.732. The number of amides is 2. The van der Waals surface area contributed by atoms with Crippen molar-refractivity contribution in [3.63, 3.8) is 0 Å². The van der Waals surface area contributed by atoms with Gasteiger partial charge in [-0.15, -0.1) is 0 Å². The van der Waals surface area contributed by atoms with Gasteiger partial charge in [0.1, 0.15) is 5.52 Å². The molecule has 1 unspecified atom stereocenters. The zero-order valence-corrected chi connectivity index (χ0v) is 13.7. The Kier molecular flexibility index (Phi) is 3.86. The van der Waals surface area contributed by atoms with E-state index in [1.807, 2.05) is 12.1 Å². The van der Waals surface area contributed by atoms with E-state index in [4.69, 9.17) is 4.42 Å². The summed E-state index contributed by atoms with van der Waals surface area (Å²) in [6, 6.07) is 15.5. The number of anilines is 1. The van der Waals surface area contributed by atoms with Crippen molar-refractivity contribution >= 4 is 28.6 Å². The molecule has 0 aliphatic carbocycles. The Hall–Kier alpha value is -3.66. The zero-order valence-electron chi connectivity index (χ0n) is 13.7. The van der Waals surface area contributed by atoms with Gasteiger partial charge in [-0.1, -0.05) is 12.1 Å². The highest BCUT2D eigenvalue weighted by molar-refractivity contribution is 6.03. The Balaban J connectivity index is 1.61. The van der Waals surface area contributed by atoms with Crippen molar-refractivity contribution in [3.8, 4) is 6.07 Å².